The fourth-order valence-corrected chi connectivity index (χ4v) is 3.76. The predicted molar refractivity (Wildman–Crippen MR) is 69.0 cm³/mol. The van der Waals surface area contributed by atoms with Gasteiger partial charge in [-0.2, -0.15) is 0 Å². The molecule has 0 unspecified atom stereocenters. The van der Waals surface area contributed by atoms with Gasteiger partial charge in [-0.25, -0.2) is 0 Å². The van der Waals surface area contributed by atoms with E-state index >= 15 is 0 Å². The van der Waals surface area contributed by atoms with Gasteiger partial charge in [0.15, 0.2) is 5.17 Å². The van der Waals surface area contributed by atoms with Gasteiger partial charge >= 0.3 is 0 Å². The predicted octanol–water partition coefficient (Wildman–Crippen LogP) is -1.77. The summed E-state index contributed by atoms with van der Waals surface area (Å²) in [4.78, 5) is 6.57. The van der Waals surface area contributed by atoms with Crippen LogP contribution in [0.5, 0.6) is 0 Å². The Morgan fingerprint density at radius 3 is 2.68 bits per heavy atom. The molecule has 0 spiro atoms. The zero-order chi connectivity index (χ0) is 13.4. The maximum absolute atomic E-state index is 10.1. The van der Waals surface area contributed by atoms with Crippen LogP contribution in [0.15, 0.2) is 4.99 Å². The lowest BCUT2D eigenvalue weighted by Crippen LogP contribution is -2.55. The number of nitrogens with zero attached hydrogens (tertiary/aromatic N) is 2. The number of amidine groups is 1. The summed E-state index contributed by atoms with van der Waals surface area (Å²) in [5.41, 5.74) is -0.339. The minimum atomic E-state index is -1.10. The van der Waals surface area contributed by atoms with Crippen molar-refractivity contribution < 1.29 is 24.8 Å². The number of hydrogen-bond donors (Lipinski definition) is 3. The van der Waals surface area contributed by atoms with Crippen molar-refractivity contribution in [1.29, 1.82) is 0 Å². The van der Waals surface area contributed by atoms with E-state index in [1.54, 1.807) is 0 Å². The number of hydrogen-bond acceptors (Lipinski definition) is 8. The first-order chi connectivity index (χ1) is 9.20. The Kier molecular flexibility index (Phi) is 3.97. The Labute approximate surface area is 115 Å². The molecule has 3 heterocycles. The monoisotopic (exact) mass is 290 g/mol. The third kappa shape index (κ3) is 2.48. The second-order valence-electron chi connectivity index (χ2n) is 4.83. The average molecular weight is 290 g/mol. The molecule has 2 saturated heterocycles. The lowest BCUT2D eigenvalue weighted by molar-refractivity contribution is -0.164. The molecule has 0 aromatic rings. The molecule has 0 aromatic heterocycles. The van der Waals surface area contributed by atoms with E-state index in [-0.39, 0.29) is 12.0 Å². The Bertz CT molecular complexity index is 363. The molecule has 0 amide bonds. The summed E-state index contributed by atoms with van der Waals surface area (Å²) in [6, 6.07) is -0.472. The molecule has 3 N–H and O–H groups in total. The Morgan fingerprint density at radius 1 is 1.26 bits per heavy atom. The van der Waals surface area contributed by atoms with Gasteiger partial charge in [-0.1, -0.05) is 11.8 Å². The van der Waals surface area contributed by atoms with E-state index in [1.165, 1.54) is 11.8 Å². The van der Waals surface area contributed by atoms with E-state index in [4.69, 9.17) is 14.6 Å². The Balaban J connectivity index is 1.72. The second kappa shape index (κ2) is 5.55. The van der Waals surface area contributed by atoms with Gasteiger partial charge in [-0.05, 0) is 0 Å². The number of morpholine rings is 1. The van der Waals surface area contributed by atoms with Gasteiger partial charge in [0, 0.05) is 13.1 Å². The summed E-state index contributed by atoms with van der Waals surface area (Å²) in [6.07, 6.45) is -2.84. The molecule has 0 saturated carbocycles. The third-order valence-corrected chi connectivity index (χ3v) is 4.81. The molecule has 0 aromatic carbocycles. The van der Waals surface area contributed by atoms with Gasteiger partial charge in [-0.15, -0.1) is 0 Å². The number of rotatable bonds is 1. The quantitative estimate of drug-likeness (QED) is 0.526. The molecule has 5 atom stereocenters. The van der Waals surface area contributed by atoms with Gasteiger partial charge in [0.25, 0.3) is 0 Å². The minimum Gasteiger partial charge on any atom is -0.394 e. The molecular formula is C11H18N2O5S. The molecule has 19 heavy (non-hydrogen) atoms. The molecule has 0 bridgehead atoms. The number of fused-ring (bicyclic) bond motifs is 1. The van der Waals surface area contributed by atoms with Crippen LogP contribution in [0.2, 0.25) is 0 Å². The SMILES string of the molecule is OC[C@H]1O[C@@H]2SC(N3CCOCC3)=N[C@@H]2[C@@H](O)[C@H]1O. The summed E-state index contributed by atoms with van der Waals surface area (Å²) >= 11 is 1.44. The van der Waals surface area contributed by atoms with Crippen LogP contribution in [-0.4, -0.2) is 88.1 Å². The fraction of sp³-hybridized carbons (Fsp3) is 0.909. The van der Waals surface area contributed by atoms with Gasteiger partial charge in [-0.3, -0.25) is 4.99 Å². The Morgan fingerprint density at radius 2 is 2.00 bits per heavy atom. The van der Waals surface area contributed by atoms with Crippen molar-refractivity contribution >= 4 is 16.9 Å². The van der Waals surface area contributed by atoms with Crippen LogP contribution >= 0.6 is 11.8 Å². The lowest BCUT2D eigenvalue weighted by Gasteiger charge is -2.37. The number of thioether (sulfide) groups is 1. The summed E-state index contributed by atoms with van der Waals surface area (Å²) in [6.45, 7) is 2.57. The van der Waals surface area contributed by atoms with Crippen molar-refractivity contribution in [2.24, 2.45) is 4.99 Å². The number of aliphatic hydroxyl groups excluding tert-OH is 3. The molecule has 3 aliphatic heterocycles. The smallest absolute Gasteiger partial charge is 0.162 e. The van der Waals surface area contributed by atoms with Crippen molar-refractivity contribution in [3.8, 4) is 0 Å². The van der Waals surface area contributed by atoms with Crippen LogP contribution in [0.4, 0.5) is 0 Å². The number of aliphatic hydroxyl groups is 3. The highest BCUT2D eigenvalue weighted by Gasteiger charge is 2.48. The average Bonchev–Trinajstić information content (AvgIpc) is 2.88. The first-order valence-electron chi connectivity index (χ1n) is 6.40. The van der Waals surface area contributed by atoms with Crippen LogP contribution in [-0.2, 0) is 9.47 Å². The molecule has 7 nitrogen and oxygen atoms in total. The van der Waals surface area contributed by atoms with E-state index in [0.29, 0.717) is 13.2 Å². The van der Waals surface area contributed by atoms with Crippen molar-refractivity contribution in [2.75, 3.05) is 32.9 Å². The maximum Gasteiger partial charge on any atom is 0.162 e. The van der Waals surface area contributed by atoms with Crippen LogP contribution in [0, 0.1) is 0 Å². The highest BCUT2D eigenvalue weighted by Crippen LogP contribution is 2.37. The van der Waals surface area contributed by atoms with E-state index in [9.17, 15) is 10.2 Å². The van der Waals surface area contributed by atoms with Gasteiger partial charge in [0.1, 0.15) is 29.8 Å². The summed E-state index contributed by atoms with van der Waals surface area (Å²) in [5, 5.41) is 29.9. The summed E-state index contributed by atoms with van der Waals surface area (Å²) in [7, 11) is 0. The first-order valence-corrected chi connectivity index (χ1v) is 7.28. The molecule has 108 valence electrons. The van der Waals surface area contributed by atoms with E-state index in [0.717, 1.165) is 18.3 Å². The van der Waals surface area contributed by atoms with Crippen LogP contribution in [0.3, 0.4) is 0 Å². The first kappa shape index (κ1) is 13.6. The second-order valence-corrected chi connectivity index (χ2v) is 5.89. The molecular weight excluding hydrogens is 272 g/mol. The summed E-state index contributed by atoms with van der Waals surface area (Å²) < 4.78 is 10.9. The van der Waals surface area contributed by atoms with E-state index in [1.807, 2.05) is 0 Å². The van der Waals surface area contributed by atoms with Crippen molar-refractivity contribution in [3.63, 3.8) is 0 Å². The van der Waals surface area contributed by atoms with Crippen molar-refractivity contribution in [3.05, 3.63) is 0 Å². The van der Waals surface area contributed by atoms with Crippen molar-refractivity contribution in [2.45, 2.75) is 29.8 Å². The lowest BCUT2D eigenvalue weighted by atomic mass is 9.99. The Hall–Kier alpha value is -0.380. The standard InChI is InChI=1S/C11H18N2O5S/c14-5-6-8(15)9(16)7-10(18-6)19-11(12-7)13-1-3-17-4-2-13/h6-10,14-16H,1-5H2/t6-,7-,8+,9-,10-/m1/s1. The highest BCUT2D eigenvalue weighted by molar-refractivity contribution is 8.14. The molecule has 0 aliphatic carbocycles. The van der Waals surface area contributed by atoms with Gasteiger partial charge < -0.3 is 29.7 Å². The highest BCUT2D eigenvalue weighted by atomic mass is 32.2. The molecule has 2 fully saturated rings. The normalized spacial score (nSPS) is 43.0. The van der Waals surface area contributed by atoms with Crippen molar-refractivity contribution in [1.82, 2.24) is 4.90 Å². The van der Waals surface area contributed by atoms with Crippen LogP contribution < -0.4 is 0 Å². The number of aliphatic imine (C=N–C) groups is 1. The minimum absolute atomic E-state index is 0.311. The molecule has 3 aliphatic rings. The summed E-state index contributed by atoms with van der Waals surface area (Å²) in [5.74, 6) is 0. The van der Waals surface area contributed by atoms with Gasteiger partial charge in [0.2, 0.25) is 0 Å². The fourth-order valence-electron chi connectivity index (χ4n) is 2.47. The molecule has 0 radical (unpaired) electrons. The van der Waals surface area contributed by atoms with E-state index in [2.05, 4.69) is 9.89 Å². The number of ether oxygens (including phenoxy) is 2. The van der Waals surface area contributed by atoms with Crippen LogP contribution in [0.25, 0.3) is 0 Å². The molecule has 3 rings (SSSR count). The topological polar surface area (TPSA) is 94.8 Å². The third-order valence-electron chi connectivity index (χ3n) is 3.61. The molecule has 8 heteroatoms. The van der Waals surface area contributed by atoms with Crippen LogP contribution in [0.1, 0.15) is 0 Å². The maximum atomic E-state index is 10.1. The van der Waals surface area contributed by atoms with Gasteiger partial charge in [0.05, 0.1) is 19.8 Å². The largest absolute Gasteiger partial charge is 0.394 e. The zero-order valence-corrected chi connectivity index (χ0v) is 11.2. The van der Waals surface area contributed by atoms with E-state index < -0.39 is 24.4 Å². The zero-order valence-electron chi connectivity index (χ0n) is 10.4.